The molecule has 16 heavy (non-hydrogen) atoms. The van der Waals surface area contributed by atoms with Crippen molar-refractivity contribution in [1.82, 2.24) is 0 Å². The second kappa shape index (κ2) is 5.67. The van der Waals surface area contributed by atoms with E-state index in [1.807, 2.05) is 12.1 Å². The summed E-state index contributed by atoms with van der Waals surface area (Å²) in [5.41, 5.74) is 7.10. The first-order chi connectivity index (χ1) is 7.81. The van der Waals surface area contributed by atoms with Crippen LogP contribution in [0.25, 0.3) is 0 Å². The lowest BCUT2D eigenvalue weighted by Gasteiger charge is -2.30. The van der Waals surface area contributed by atoms with Gasteiger partial charge in [0.2, 0.25) is 0 Å². The fourth-order valence-electron chi connectivity index (χ4n) is 2.30. The van der Waals surface area contributed by atoms with Gasteiger partial charge in [0.25, 0.3) is 0 Å². The highest BCUT2D eigenvalue weighted by molar-refractivity contribution is 6.30. The van der Waals surface area contributed by atoms with Gasteiger partial charge < -0.3 is 10.5 Å². The van der Waals surface area contributed by atoms with Gasteiger partial charge in [0.05, 0.1) is 6.10 Å². The van der Waals surface area contributed by atoms with Gasteiger partial charge in [-0.1, -0.05) is 23.7 Å². The Labute approximate surface area is 102 Å². The molecule has 0 aromatic heterocycles. The lowest BCUT2D eigenvalue weighted by molar-refractivity contribution is 0.000582. The minimum atomic E-state index is 0.278. The monoisotopic (exact) mass is 239 g/mol. The number of halogens is 1. The van der Waals surface area contributed by atoms with E-state index in [1.165, 1.54) is 18.4 Å². The summed E-state index contributed by atoms with van der Waals surface area (Å²) in [6.45, 7) is 1.50. The maximum absolute atomic E-state index is 5.88. The standard InChI is InChI=1S/C13H18ClNO/c14-11-6-4-10(5-7-11)12(9-15)13-3-1-2-8-16-13/h4-7,12-13H,1-3,8-9,15H2. The Balaban J connectivity index is 2.11. The van der Waals surface area contributed by atoms with Gasteiger partial charge in [0, 0.05) is 24.1 Å². The first-order valence-electron chi connectivity index (χ1n) is 5.88. The zero-order valence-corrected chi connectivity index (χ0v) is 10.1. The zero-order chi connectivity index (χ0) is 11.4. The molecule has 1 aromatic carbocycles. The fraction of sp³-hybridized carbons (Fsp3) is 0.538. The number of nitrogens with two attached hydrogens (primary N) is 1. The molecule has 1 heterocycles. The topological polar surface area (TPSA) is 35.2 Å². The number of ether oxygens (including phenoxy) is 1. The maximum atomic E-state index is 5.88. The Hall–Kier alpha value is -0.570. The van der Waals surface area contributed by atoms with E-state index in [9.17, 15) is 0 Å². The molecule has 1 fully saturated rings. The average molecular weight is 240 g/mol. The van der Waals surface area contributed by atoms with Crippen LogP contribution in [-0.4, -0.2) is 19.3 Å². The van der Waals surface area contributed by atoms with Crippen molar-refractivity contribution in [1.29, 1.82) is 0 Å². The van der Waals surface area contributed by atoms with Crippen molar-refractivity contribution in [3.63, 3.8) is 0 Å². The molecule has 0 radical (unpaired) electrons. The molecule has 2 N–H and O–H groups in total. The highest BCUT2D eigenvalue weighted by atomic mass is 35.5. The highest BCUT2D eigenvalue weighted by Crippen LogP contribution is 2.28. The fourth-order valence-corrected chi connectivity index (χ4v) is 2.42. The average Bonchev–Trinajstić information content (AvgIpc) is 2.34. The van der Waals surface area contributed by atoms with Crippen LogP contribution in [0.2, 0.25) is 5.02 Å². The summed E-state index contributed by atoms with van der Waals surface area (Å²) in [5, 5.41) is 0.768. The largest absolute Gasteiger partial charge is 0.378 e. The van der Waals surface area contributed by atoms with Crippen LogP contribution in [0.5, 0.6) is 0 Å². The summed E-state index contributed by atoms with van der Waals surface area (Å²) in [6.07, 6.45) is 3.81. The molecule has 2 nitrogen and oxygen atoms in total. The summed E-state index contributed by atoms with van der Waals surface area (Å²) in [6, 6.07) is 7.94. The maximum Gasteiger partial charge on any atom is 0.0655 e. The van der Waals surface area contributed by atoms with Gasteiger partial charge in [0.15, 0.2) is 0 Å². The van der Waals surface area contributed by atoms with E-state index in [0.29, 0.717) is 12.5 Å². The lowest BCUT2D eigenvalue weighted by atomic mass is 9.89. The van der Waals surface area contributed by atoms with Crippen LogP contribution >= 0.6 is 11.6 Å². The normalized spacial score (nSPS) is 23.0. The molecule has 1 aliphatic heterocycles. The molecular weight excluding hydrogens is 222 g/mol. The van der Waals surface area contributed by atoms with Gasteiger partial charge >= 0.3 is 0 Å². The molecule has 1 aromatic rings. The second-order valence-corrected chi connectivity index (χ2v) is 4.74. The van der Waals surface area contributed by atoms with Crippen molar-refractivity contribution in [2.24, 2.45) is 5.73 Å². The quantitative estimate of drug-likeness (QED) is 0.880. The van der Waals surface area contributed by atoms with Gasteiger partial charge in [-0.3, -0.25) is 0 Å². The van der Waals surface area contributed by atoms with E-state index >= 15 is 0 Å². The predicted octanol–water partition coefficient (Wildman–Crippen LogP) is 2.95. The number of rotatable bonds is 3. The third-order valence-corrected chi connectivity index (χ3v) is 3.47. The van der Waals surface area contributed by atoms with Crippen LogP contribution in [0, 0.1) is 0 Å². The van der Waals surface area contributed by atoms with E-state index in [4.69, 9.17) is 22.1 Å². The number of benzene rings is 1. The molecule has 0 spiro atoms. The Morgan fingerprint density at radius 1 is 1.31 bits per heavy atom. The van der Waals surface area contributed by atoms with E-state index in [1.54, 1.807) is 0 Å². The smallest absolute Gasteiger partial charge is 0.0655 e. The summed E-state index contributed by atoms with van der Waals surface area (Å²) >= 11 is 5.88. The van der Waals surface area contributed by atoms with Crippen LogP contribution in [0.3, 0.4) is 0 Å². The van der Waals surface area contributed by atoms with Crippen molar-refractivity contribution in [3.8, 4) is 0 Å². The van der Waals surface area contributed by atoms with E-state index in [0.717, 1.165) is 18.1 Å². The van der Waals surface area contributed by atoms with E-state index in [2.05, 4.69) is 12.1 Å². The van der Waals surface area contributed by atoms with Crippen molar-refractivity contribution in [2.45, 2.75) is 31.3 Å². The summed E-state index contributed by atoms with van der Waals surface area (Å²) < 4.78 is 5.80. The Morgan fingerprint density at radius 3 is 2.62 bits per heavy atom. The summed E-state index contributed by atoms with van der Waals surface area (Å²) in [4.78, 5) is 0. The van der Waals surface area contributed by atoms with E-state index in [-0.39, 0.29) is 6.10 Å². The van der Waals surface area contributed by atoms with Crippen molar-refractivity contribution < 1.29 is 4.74 Å². The van der Waals surface area contributed by atoms with Crippen LogP contribution in [0.4, 0.5) is 0 Å². The highest BCUT2D eigenvalue weighted by Gasteiger charge is 2.24. The molecule has 0 saturated carbocycles. The molecule has 2 unspecified atom stereocenters. The van der Waals surface area contributed by atoms with Crippen molar-refractivity contribution in [2.75, 3.05) is 13.2 Å². The molecule has 88 valence electrons. The van der Waals surface area contributed by atoms with Crippen LogP contribution in [-0.2, 0) is 4.74 Å². The number of hydrogen-bond acceptors (Lipinski definition) is 2. The SMILES string of the molecule is NCC(c1ccc(Cl)cc1)C1CCCCO1. The molecule has 1 aliphatic rings. The van der Waals surface area contributed by atoms with Crippen molar-refractivity contribution in [3.05, 3.63) is 34.9 Å². The zero-order valence-electron chi connectivity index (χ0n) is 9.36. The lowest BCUT2D eigenvalue weighted by Crippen LogP contribution is -2.31. The molecular formula is C13H18ClNO. The predicted molar refractivity (Wildman–Crippen MR) is 66.8 cm³/mol. The second-order valence-electron chi connectivity index (χ2n) is 4.30. The minimum Gasteiger partial charge on any atom is -0.378 e. The van der Waals surface area contributed by atoms with Crippen molar-refractivity contribution >= 4 is 11.6 Å². The molecule has 0 aliphatic carbocycles. The molecule has 1 saturated heterocycles. The number of hydrogen-bond donors (Lipinski definition) is 1. The van der Waals surface area contributed by atoms with Gasteiger partial charge in [-0.25, -0.2) is 0 Å². The summed E-state index contributed by atoms with van der Waals surface area (Å²) in [5.74, 6) is 0.303. The van der Waals surface area contributed by atoms with Gasteiger partial charge in [-0.05, 0) is 37.0 Å². The molecule has 3 heteroatoms. The van der Waals surface area contributed by atoms with E-state index < -0.39 is 0 Å². The molecule has 2 rings (SSSR count). The van der Waals surface area contributed by atoms with Gasteiger partial charge in [0.1, 0.15) is 0 Å². The molecule has 2 atom stereocenters. The third-order valence-electron chi connectivity index (χ3n) is 3.22. The van der Waals surface area contributed by atoms with Gasteiger partial charge in [-0.15, -0.1) is 0 Å². The van der Waals surface area contributed by atoms with Crippen LogP contribution < -0.4 is 5.73 Å². The first-order valence-corrected chi connectivity index (χ1v) is 6.26. The third kappa shape index (κ3) is 2.76. The summed E-state index contributed by atoms with van der Waals surface area (Å²) in [7, 11) is 0. The van der Waals surface area contributed by atoms with Crippen LogP contribution in [0.15, 0.2) is 24.3 Å². The van der Waals surface area contributed by atoms with Crippen LogP contribution in [0.1, 0.15) is 30.7 Å². The molecule has 0 amide bonds. The Kier molecular flexibility index (Phi) is 4.22. The molecule has 0 bridgehead atoms. The van der Waals surface area contributed by atoms with Gasteiger partial charge in [-0.2, -0.15) is 0 Å². The Morgan fingerprint density at radius 2 is 2.06 bits per heavy atom. The first kappa shape index (κ1) is 11.9. The Bertz CT molecular complexity index is 319. The minimum absolute atomic E-state index is 0.278.